The molecule has 3 rings (SSSR count). The Kier molecular flexibility index (Phi) is 6.61. The number of nitrogen functional groups attached to an aromatic ring is 1. The molecule has 0 saturated carbocycles. The number of nitrogens with two attached hydrogens (primary N) is 1. The molecule has 1 unspecified atom stereocenters. The van der Waals surface area contributed by atoms with Gasteiger partial charge in [-0.15, -0.1) is 0 Å². The largest absolute Gasteiger partial charge is 0.449 e. The third-order valence-corrected chi connectivity index (χ3v) is 5.13. The number of carbonyl (C=O) groups excluding carboxylic acids is 1. The molecule has 2 aromatic carbocycles. The fourth-order valence-electron chi connectivity index (χ4n) is 3.43. The maximum absolute atomic E-state index is 13.2. The van der Waals surface area contributed by atoms with Crippen LogP contribution >= 0.6 is 11.6 Å². The van der Waals surface area contributed by atoms with E-state index in [1.54, 1.807) is 30.3 Å². The molecule has 0 aliphatic carbocycles. The molecule has 1 aliphatic heterocycles. The van der Waals surface area contributed by atoms with Crippen LogP contribution in [0.5, 0.6) is 0 Å². The molecule has 160 valence electrons. The Morgan fingerprint density at radius 1 is 1.27 bits per heavy atom. The van der Waals surface area contributed by atoms with Gasteiger partial charge in [-0.2, -0.15) is 13.2 Å². The van der Waals surface area contributed by atoms with Crippen molar-refractivity contribution in [1.82, 2.24) is 4.90 Å². The summed E-state index contributed by atoms with van der Waals surface area (Å²) >= 11 is 6.10. The first-order valence-electron chi connectivity index (χ1n) is 9.57. The Bertz CT molecular complexity index is 960. The summed E-state index contributed by atoms with van der Waals surface area (Å²) in [5.41, 5.74) is 7.70. The van der Waals surface area contributed by atoms with Crippen LogP contribution in [-0.4, -0.2) is 24.1 Å². The topological polar surface area (TPSA) is 55.6 Å². The van der Waals surface area contributed by atoms with Crippen molar-refractivity contribution in [2.24, 2.45) is 0 Å². The zero-order valence-corrected chi connectivity index (χ0v) is 17.1. The minimum absolute atomic E-state index is 0.239. The summed E-state index contributed by atoms with van der Waals surface area (Å²) in [6.07, 6.45) is -2.17. The van der Waals surface area contributed by atoms with Gasteiger partial charge in [0.2, 0.25) is 0 Å². The van der Waals surface area contributed by atoms with Crippen molar-refractivity contribution in [2.45, 2.75) is 32.0 Å². The Balaban J connectivity index is 2.06. The number of halogens is 4. The predicted octanol–water partition coefficient (Wildman–Crippen LogP) is 6.32. The van der Waals surface area contributed by atoms with Gasteiger partial charge in [0.05, 0.1) is 18.2 Å². The molecule has 8 heteroatoms. The van der Waals surface area contributed by atoms with E-state index < -0.39 is 23.9 Å². The van der Waals surface area contributed by atoms with Crippen LogP contribution in [-0.2, 0) is 10.9 Å². The van der Waals surface area contributed by atoms with Crippen molar-refractivity contribution in [1.29, 1.82) is 0 Å². The summed E-state index contributed by atoms with van der Waals surface area (Å²) in [6.45, 7) is 2.39. The Morgan fingerprint density at radius 3 is 2.73 bits per heavy atom. The lowest BCUT2D eigenvalue weighted by Crippen LogP contribution is -2.38. The van der Waals surface area contributed by atoms with Crippen molar-refractivity contribution < 1.29 is 22.7 Å². The highest BCUT2D eigenvalue weighted by atomic mass is 35.5. The van der Waals surface area contributed by atoms with Gasteiger partial charge in [0.15, 0.2) is 0 Å². The molecule has 0 aromatic heterocycles. The number of alkyl halides is 3. The van der Waals surface area contributed by atoms with Crippen molar-refractivity contribution in [3.05, 3.63) is 70.3 Å². The Hall–Kier alpha value is -2.67. The second kappa shape index (κ2) is 9.00. The van der Waals surface area contributed by atoms with E-state index >= 15 is 0 Å². The van der Waals surface area contributed by atoms with E-state index in [9.17, 15) is 18.0 Å². The van der Waals surface area contributed by atoms with Crippen molar-refractivity contribution in [3.8, 4) is 0 Å². The number of hydrogen-bond acceptors (Lipinski definition) is 3. The summed E-state index contributed by atoms with van der Waals surface area (Å²) in [7, 11) is 0. The highest BCUT2D eigenvalue weighted by molar-refractivity contribution is 6.30. The molecule has 1 amide bonds. The normalized spacial score (nSPS) is 16.9. The number of ether oxygens (including phenoxy) is 1. The van der Waals surface area contributed by atoms with Crippen LogP contribution in [0.15, 0.2) is 48.5 Å². The van der Waals surface area contributed by atoms with Crippen LogP contribution in [0.4, 0.5) is 23.7 Å². The Morgan fingerprint density at radius 2 is 2.03 bits per heavy atom. The molecule has 0 radical (unpaired) electrons. The molecule has 0 bridgehead atoms. The van der Waals surface area contributed by atoms with E-state index in [2.05, 4.69) is 0 Å². The van der Waals surface area contributed by atoms with E-state index in [-0.39, 0.29) is 13.2 Å². The van der Waals surface area contributed by atoms with E-state index in [1.165, 1.54) is 11.0 Å². The van der Waals surface area contributed by atoms with Crippen molar-refractivity contribution in [3.63, 3.8) is 0 Å². The van der Waals surface area contributed by atoms with Gasteiger partial charge >= 0.3 is 12.3 Å². The molecule has 0 saturated heterocycles. The molecular formula is C22H22ClF3N2O2. The zero-order chi connectivity index (χ0) is 21.9. The SMILES string of the molecule is CCCOC(=O)N1CCC(c2cc(Cl)ccc2N)=CC1c1cccc(C(F)(F)F)c1. The van der Waals surface area contributed by atoms with Crippen LogP contribution in [0.1, 0.15) is 42.5 Å². The van der Waals surface area contributed by atoms with E-state index in [0.717, 1.165) is 17.7 Å². The number of amides is 1. The summed E-state index contributed by atoms with van der Waals surface area (Å²) in [4.78, 5) is 14.0. The first kappa shape index (κ1) is 22.0. The molecule has 1 aliphatic rings. The van der Waals surface area contributed by atoms with Gasteiger partial charge in [-0.05, 0) is 54.3 Å². The molecule has 4 nitrogen and oxygen atoms in total. The monoisotopic (exact) mass is 438 g/mol. The average molecular weight is 439 g/mol. The highest BCUT2D eigenvalue weighted by Crippen LogP contribution is 2.38. The van der Waals surface area contributed by atoms with Crippen molar-refractivity contribution in [2.75, 3.05) is 18.9 Å². The van der Waals surface area contributed by atoms with Gasteiger partial charge in [0.1, 0.15) is 0 Å². The summed E-state index contributed by atoms with van der Waals surface area (Å²) in [5, 5.41) is 0.500. The number of nitrogens with zero attached hydrogens (tertiary/aromatic N) is 1. The van der Waals surface area contributed by atoms with E-state index in [1.807, 2.05) is 6.92 Å². The lowest BCUT2D eigenvalue weighted by atomic mass is 9.91. The quantitative estimate of drug-likeness (QED) is 0.568. The number of benzene rings is 2. The predicted molar refractivity (Wildman–Crippen MR) is 111 cm³/mol. The van der Waals surface area contributed by atoms with Crippen LogP contribution in [0, 0.1) is 0 Å². The minimum Gasteiger partial charge on any atom is -0.449 e. The van der Waals surface area contributed by atoms with Gasteiger partial charge in [-0.3, -0.25) is 4.90 Å². The van der Waals surface area contributed by atoms with Crippen LogP contribution in [0.2, 0.25) is 5.02 Å². The van der Waals surface area contributed by atoms with Gasteiger partial charge in [0.25, 0.3) is 0 Å². The fraction of sp³-hybridized carbons (Fsp3) is 0.318. The van der Waals surface area contributed by atoms with Crippen LogP contribution < -0.4 is 5.73 Å². The van der Waals surface area contributed by atoms with Gasteiger partial charge < -0.3 is 10.5 Å². The maximum atomic E-state index is 13.2. The summed E-state index contributed by atoms with van der Waals surface area (Å²) in [5.74, 6) is 0. The molecule has 1 heterocycles. The van der Waals surface area contributed by atoms with Crippen molar-refractivity contribution >= 4 is 29.0 Å². The van der Waals surface area contributed by atoms with E-state index in [0.29, 0.717) is 34.7 Å². The number of hydrogen-bond donors (Lipinski definition) is 1. The molecule has 0 fully saturated rings. The maximum Gasteiger partial charge on any atom is 0.416 e. The standard InChI is InChI=1S/C22H22ClF3N2O2/c1-2-10-30-21(29)28-9-8-14(18-13-17(23)6-7-19(18)27)12-20(28)15-4-3-5-16(11-15)22(24,25)26/h3-7,11-13,20H,2,8-10,27H2,1H3. The van der Waals surface area contributed by atoms with Crippen LogP contribution in [0.25, 0.3) is 5.57 Å². The molecule has 2 N–H and O–H groups in total. The van der Waals surface area contributed by atoms with Gasteiger partial charge in [-0.25, -0.2) is 4.79 Å². The first-order valence-corrected chi connectivity index (χ1v) is 9.95. The van der Waals surface area contributed by atoms with Crippen LogP contribution in [0.3, 0.4) is 0 Å². The fourth-order valence-corrected chi connectivity index (χ4v) is 3.60. The second-order valence-electron chi connectivity index (χ2n) is 7.05. The third-order valence-electron chi connectivity index (χ3n) is 4.90. The number of rotatable bonds is 4. The molecule has 0 spiro atoms. The first-order chi connectivity index (χ1) is 14.2. The molecule has 1 atom stereocenters. The summed E-state index contributed by atoms with van der Waals surface area (Å²) in [6, 6.07) is 9.32. The van der Waals surface area contributed by atoms with Gasteiger partial charge in [-0.1, -0.05) is 36.7 Å². The summed E-state index contributed by atoms with van der Waals surface area (Å²) < 4.78 is 45.0. The molecular weight excluding hydrogens is 417 g/mol. The minimum atomic E-state index is -4.48. The van der Waals surface area contributed by atoms with E-state index in [4.69, 9.17) is 22.1 Å². The Labute approximate surface area is 178 Å². The lowest BCUT2D eigenvalue weighted by Gasteiger charge is -2.34. The number of carbonyl (C=O) groups is 1. The zero-order valence-electron chi connectivity index (χ0n) is 16.4. The number of anilines is 1. The smallest absolute Gasteiger partial charge is 0.416 e. The highest BCUT2D eigenvalue weighted by Gasteiger charge is 2.34. The molecule has 2 aromatic rings. The molecule has 30 heavy (non-hydrogen) atoms. The average Bonchev–Trinajstić information content (AvgIpc) is 2.73. The second-order valence-corrected chi connectivity index (χ2v) is 7.49. The lowest BCUT2D eigenvalue weighted by molar-refractivity contribution is -0.137. The third kappa shape index (κ3) is 4.90. The van der Waals surface area contributed by atoms with Gasteiger partial charge in [0, 0.05) is 22.8 Å².